The van der Waals surface area contributed by atoms with Crippen LogP contribution in [0.4, 0.5) is 5.82 Å². The number of rotatable bonds is 7. The van der Waals surface area contributed by atoms with Gasteiger partial charge in [0, 0.05) is 19.3 Å². The molecule has 2 N–H and O–H groups in total. The molecule has 8 heteroatoms. The molecule has 0 unspecified atom stereocenters. The standard InChI is InChI=1S/C15H18ClN3O3S/c1-11-4-3-7-17-15(11)18-8-9-19-23(20,21)12-5-6-14(22-2)13(16)10-12/h3-7,10,19H,8-9H2,1-2H3,(H,17,18). The van der Waals surface area contributed by atoms with Crippen LogP contribution < -0.4 is 14.8 Å². The normalized spacial score (nSPS) is 11.3. The number of nitrogens with one attached hydrogen (secondary N) is 2. The van der Waals surface area contributed by atoms with Crippen molar-refractivity contribution in [2.75, 3.05) is 25.5 Å². The van der Waals surface area contributed by atoms with E-state index in [1.807, 2.05) is 19.1 Å². The lowest BCUT2D eigenvalue weighted by Gasteiger charge is -2.10. The monoisotopic (exact) mass is 355 g/mol. The van der Waals surface area contributed by atoms with Crippen molar-refractivity contribution < 1.29 is 13.2 Å². The number of sulfonamides is 1. The molecule has 0 atom stereocenters. The third kappa shape index (κ3) is 4.57. The van der Waals surface area contributed by atoms with Crippen LogP contribution in [0.3, 0.4) is 0 Å². The van der Waals surface area contributed by atoms with Crippen molar-refractivity contribution in [1.82, 2.24) is 9.71 Å². The Balaban J connectivity index is 1.94. The van der Waals surface area contributed by atoms with Crippen LogP contribution in [-0.4, -0.2) is 33.6 Å². The Morgan fingerprint density at radius 2 is 2.04 bits per heavy atom. The average Bonchev–Trinajstić information content (AvgIpc) is 2.53. The molecule has 1 heterocycles. The minimum absolute atomic E-state index is 0.0947. The highest BCUT2D eigenvalue weighted by Crippen LogP contribution is 2.26. The van der Waals surface area contributed by atoms with Crippen LogP contribution in [0.1, 0.15) is 5.56 Å². The molecule has 1 aromatic carbocycles. The molecule has 0 bridgehead atoms. The van der Waals surface area contributed by atoms with Crippen molar-refractivity contribution in [3.63, 3.8) is 0 Å². The Labute approximate surface area is 140 Å². The average molecular weight is 356 g/mol. The van der Waals surface area contributed by atoms with Gasteiger partial charge in [0.15, 0.2) is 0 Å². The Hall–Kier alpha value is -1.83. The van der Waals surface area contributed by atoms with Crippen molar-refractivity contribution in [1.29, 1.82) is 0 Å². The SMILES string of the molecule is COc1ccc(S(=O)(=O)NCCNc2ncccc2C)cc1Cl. The van der Waals surface area contributed by atoms with Gasteiger partial charge in [-0.25, -0.2) is 18.1 Å². The smallest absolute Gasteiger partial charge is 0.240 e. The summed E-state index contributed by atoms with van der Waals surface area (Å²) in [5.74, 6) is 1.16. The molecule has 0 amide bonds. The first-order valence-electron chi connectivity index (χ1n) is 6.93. The third-order valence-electron chi connectivity index (χ3n) is 3.15. The van der Waals surface area contributed by atoms with Crippen molar-refractivity contribution >= 4 is 27.4 Å². The van der Waals surface area contributed by atoms with Gasteiger partial charge in [0.1, 0.15) is 11.6 Å². The lowest BCUT2D eigenvalue weighted by molar-refractivity contribution is 0.414. The maximum Gasteiger partial charge on any atom is 0.240 e. The summed E-state index contributed by atoms with van der Waals surface area (Å²) in [6, 6.07) is 8.10. The molecular formula is C15H18ClN3O3S. The van der Waals surface area contributed by atoms with E-state index in [2.05, 4.69) is 15.0 Å². The molecule has 0 saturated carbocycles. The second kappa shape index (κ2) is 7.63. The molecule has 0 fully saturated rings. The molecule has 0 aliphatic carbocycles. The van der Waals surface area contributed by atoms with Gasteiger partial charge in [0.2, 0.25) is 10.0 Å². The fraction of sp³-hybridized carbons (Fsp3) is 0.267. The van der Waals surface area contributed by atoms with E-state index in [0.29, 0.717) is 12.3 Å². The van der Waals surface area contributed by atoms with Gasteiger partial charge in [0.25, 0.3) is 0 Å². The van der Waals surface area contributed by atoms with E-state index in [1.165, 1.54) is 25.3 Å². The van der Waals surface area contributed by atoms with Gasteiger partial charge in [-0.1, -0.05) is 17.7 Å². The molecule has 6 nitrogen and oxygen atoms in total. The molecular weight excluding hydrogens is 338 g/mol. The van der Waals surface area contributed by atoms with Gasteiger partial charge in [0.05, 0.1) is 17.0 Å². The number of aromatic nitrogens is 1. The van der Waals surface area contributed by atoms with E-state index < -0.39 is 10.0 Å². The summed E-state index contributed by atoms with van der Waals surface area (Å²) < 4.78 is 31.9. The van der Waals surface area contributed by atoms with Crippen LogP contribution in [0, 0.1) is 6.92 Å². The van der Waals surface area contributed by atoms with Crippen molar-refractivity contribution in [2.45, 2.75) is 11.8 Å². The number of aryl methyl sites for hydroxylation is 1. The largest absolute Gasteiger partial charge is 0.495 e. The maximum atomic E-state index is 12.2. The molecule has 1 aromatic heterocycles. The van der Waals surface area contributed by atoms with Crippen LogP contribution in [0.5, 0.6) is 5.75 Å². The quantitative estimate of drug-likeness (QED) is 0.746. The lowest BCUT2D eigenvalue weighted by atomic mass is 10.3. The second-order valence-corrected chi connectivity index (χ2v) is 6.96. The minimum atomic E-state index is -3.62. The molecule has 0 radical (unpaired) electrons. The summed E-state index contributed by atoms with van der Waals surface area (Å²) in [5.41, 5.74) is 0.997. The number of anilines is 1. The second-order valence-electron chi connectivity index (χ2n) is 4.79. The lowest BCUT2D eigenvalue weighted by Crippen LogP contribution is -2.29. The Bertz CT molecular complexity index is 781. The topological polar surface area (TPSA) is 80.3 Å². The zero-order chi connectivity index (χ0) is 16.9. The van der Waals surface area contributed by atoms with Crippen LogP contribution in [0.15, 0.2) is 41.4 Å². The Kier molecular flexibility index (Phi) is 5.81. The molecule has 2 aromatic rings. The van der Waals surface area contributed by atoms with Gasteiger partial charge in [-0.3, -0.25) is 0 Å². The molecule has 0 aliphatic heterocycles. The van der Waals surface area contributed by atoms with Crippen LogP contribution >= 0.6 is 11.6 Å². The minimum Gasteiger partial charge on any atom is -0.495 e. The third-order valence-corrected chi connectivity index (χ3v) is 4.91. The van der Waals surface area contributed by atoms with E-state index in [0.717, 1.165) is 11.4 Å². The zero-order valence-corrected chi connectivity index (χ0v) is 14.4. The predicted octanol–water partition coefficient (Wildman–Crippen LogP) is 2.44. The van der Waals surface area contributed by atoms with E-state index in [1.54, 1.807) is 6.20 Å². The summed E-state index contributed by atoms with van der Waals surface area (Å²) in [7, 11) is -2.15. The van der Waals surface area contributed by atoms with Gasteiger partial charge < -0.3 is 10.1 Å². The van der Waals surface area contributed by atoms with E-state index in [9.17, 15) is 8.42 Å². The van der Waals surface area contributed by atoms with Crippen molar-refractivity contribution in [3.8, 4) is 5.75 Å². The zero-order valence-electron chi connectivity index (χ0n) is 12.8. The number of ether oxygens (including phenoxy) is 1. The summed E-state index contributed by atoms with van der Waals surface area (Å²) in [6.07, 6.45) is 1.68. The number of hydrogen-bond acceptors (Lipinski definition) is 5. The molecule has 0 aliphatic rings. The number of methoxy groups -OCH3 is 1. The molecule has 23 heavy (non-hydrogen) atoms. The molecule has 0 saturated heterocycles. The first kappa shape index (κ1) is 17.5. The first-order valence-corrected chi connectivity index (χ1v) is 8.79. The fourth-order valence-electron chi connectivity index (χ4n) is 1.93. The van der Waals surface area contributed by atoms with Gasteiger partial charge >= 0.3 is 0 Å². The Morgan fingerprint density at radius 1 is 1.26 bits per heavy atom. The van der Waals surface area contributed by atoms with E-state index in [4.69, 9.17) is 16.3 Å². The molecule has 0 spiro atoms. The first-order chi connectivity index (χ1) is 10.9. The summed E-state index contributed by atoms with van der Waals surface area (Å²) in [4.78, 5) is 4.28. The number of halogens is 1. The highest BCUT2D eigenvalue weighted by molar-refractivity contribution is 7.89. The van der Waals surface area contributed by atoms with E-state index >= 15 is 0 Å². The number of nitrogens with zero attached hydrogens (tertiary/aromatic N) is 1. The van der Waals surface area contributed by atoms with Gasteiger partial charge in [-0.2, -0.15) is 0 Å². The highest BCUT2D eigenvalue weighted by Gasteiger charge is 2.15. The van der Waals surface area contributed by atoms with E-state index in [-0.39, 0.29) is 16.5 Å². The predicted molar refractivity (Wildman–Crippen MR) is 90.7 cm³/mol. The maximum absolute atomic E-state index is 12.2. The van der Waals surface area contributed by atoms with Crippen LogP contribution in [0.25, 0.3) is 0 Å². The van der Waals surface area contributed by atoms with Gasteiger partial charge in [-0.05, 0) is 36.8 Å². The highest BCUT2D eigenvalue weighted by atomic mass is 35.5. The number of benzene rings is 1. The fourth-order valence-corrected chi connectivity index (χ4v) is 3.31. The number of hydrogen-bond donors (Lipinski definition) is 2. The molecule has 124 valence electrons. The van der Waals surface area contributed by atoms with Crippen LogP contribution in [0.2, 0.25) is 5.02 Å². The summed E-state index contributed by atoms with van der Waals surface area (Å²) in [6.45, 7) is 2.57. The van der Waals surface area contributed by atoms with Gasteiger partial charge in [-0.15, -0.1) is 0 Å². The number of pyridine rings is 1. The van der Waals surface area contributed by atoms with Crippen molar-refractivity contribution in [3.05, 3.63) is 47.1 Å². The molecule has 2 rings (SSSR count). The Morgan fingerprint density at radius 3 is 2.70 bits per heavy atom. The summed E-state index contributed by atoms with van der Waals surface area (Å²) >= 11 is 5.96. The van der Waals surface area contributed by atoms with Crippen LogP contribution in [-0.2, 0) is 10.0 Å². The summed E-state index contributed by atoms with van der Waals surface area (Å²) in [5, 5.41) is 3.33. The van der Waals surface area contributed by atoms with Crippen molar-refractivity contribution in [2.24, 2.45) is 0 Å².